The maximum absolute atomic E-state index is 11.7. The lowest BCUT2D eigenvalue weighted by molar-refractivity contribution is -0.117. The number of H-pyrrole nitrogens is 2. The molecule has 3 N–H and O–H groups in total. The molecule has 1 unspecified atom stereocenters. The van der Waals surface area contributed by atoms with Crippen LogP contribution in [0.1, 0.15) is 24.4 Å². The number of rotatable bonds is 4. The summed E-state index contributed by atoms with van der Waals surface area (Å²) in [6.07, 6.45) is 3.16. The van der Waals surface area contributed by atoms with E-state index in [1.165, 1.54) is 6.08 Å². The van der Waals surface area contributed by atoms with E-state index < -0.39 is 5.69 Å². The summed E-state index contributed by atoms with van der Waals surface area (Å²) in [6, 6.07) is 9.14. The van der Waals surface area contributed by atoms with Gasteiger partial charge in [-0.15, -0.1) is 0 Å². The molecule has 0 spiro atoms. The number of nitrogens with zero attached hydrogens (tertiary/aromatic N) is 1. The van der Waals surface area contributed by atoms with Crippen LogP contribution in [0.4, 0.5) is 0 Å². The van der Waals surface area contributed by atoms with E-state index in [0.717, 1.165) is 5.56 Å². The van der Waals surface area contributed by atoms with Crippen molar-refractivity contribution in [1.29, 1.82) is 0 Å². The molecule has 0 aliphatic carbocycles. The number of benzene rings is 1. The summed E-state index contributed by atoms with van der Waals surface area (Å²) >= 11 is 0. The van der Waals surface area contributed by atoms with Crippen molar-refractivity contribution < 1.29 is 4.79 Å². The normalized spacial score (nSPS) is 12.5. The van der Waals surface area contributed by atoms with Crippen LogP contribution in [0.15, 0.2) is 41.2 Å². The molecule has 0 saturated carbocycles. The van der Waals surface area contributed by atoms with Gasteiger partial charge < -0.3 is 5.32 Å². The molecule has 6 nitrogen and oxygen atoms in total. The minimum absolute atomic E-state index is 0.250. The Balaban J connectivity index is 1.94. The smallest absolute Gasteiger partial charge is 0.340 e. The summed E-state index contributed by atoms with van der Waals surface area (Å²) in [5.41, 5.74) is 0.550. The SMILES string of the molecule is CC(NC(=O)/C=C/c1ccccc1)c1n[nH]c(=O)[nH]1. The van der Waals surface area contributed by atoms with Crippen LogP contribution in [-0.2, 0) is 4.79 Å². The molecule has 2 rings (SSSR count). The van der Waals surface area contributed by atoms with E-state index in [1.54, 1.807) is 13.0 Å². The zero-order chi connectivity index (χ0) is 13.7. The summed E-state index contributed by atoms with van der Waals surface area (Å²) in [5.74, 6) is 0.145. The van der Waals surface area contributed by atoms with E-state index in [4.69, 9.17) is 0 Å². The topological polar surface area (TPSA) is 90.6 Å². The highest BCUT2D eigenvalue weighted by molar-refractivity contribution is 5.91. The van der Waals surface area contributed by atoms with Crippen molar-refractivity contribution in [2.45, 2.75) is 13.0 Å². The molecule has 1 amide bonds. The molecule has 6 heteroatoms. The van der Waals surface area contributed by atoms with E-state index in [1.807, 2.05) is 30.3 Å². The van der Waals surface area contributed by atoms with E-state index in [0.29, 0.717) is 5.82 Å². The largest absolute Gasteiger partial charge is 0.343 e. The maximum Gasteiger partial charge on any atom is 0.340 e. The lowest BCUT2D eigenvalue weighted by atomic mass is 10.2. The Kier molecular flexibility index (Phi) is 3.92. The van der Waals surface area contributed by atoms with Gasteiger partial charge in [-0.3, -0.25) is 9.78 Å². The van der Waals surface area contributed by atoms with Crippen molar-refractivity contribution in [3.8, 4) is 0 Å². The van der Waals surface area contributed by atoms with Gasteiger partial charge in [-0.2, -0.15) is 5.10 Å². The number of carbonyl (C=O) groups is 1. The van der Waals surface area contributed by atoms with Crippen LogP contribution < -0.4 is 11.0 Å². The zero-order valence-corrected chi connectivity index (χ0v) is 10.4. The fourth-order valence-electron chi connectivity index (χ4n) is 1.55. The second-order valence-electron chi connectivity index (χ2n) is 4.04. The number of aromatic nitrogens is 3. The van der Waals surface area contributed by atoms with Gasteiger partial charge in [0.1, 0.15) is 0 Å². The zero-order valence-electron chi connectivity index (χ0n) is 10.4. The average Bonchev–Trinajstić information content (AvgIpc) is 2.84. The molecule has 2 aromatic rings. The van der Waals surface area contributed by atoms with Gasteiger partial charge in [0.05, 0.1) is 6.04 Å². The minimum Gasteiger partial charge on any atom is -0.343 e. The van der Waals surface area contributed by atoms with Gasteiger partial charge in [-0.05, 0) is 18.6 Å². The van der Waals surface area contributed by atoms with Crippen LogP contribution in [-0.4, -0.2) is 21.1 Å². The van der Waals surface area contributed by atoms with Gasteiger partial charge in [0.15, 0.2) is 5.82 Å². The van der Waals surface area contributed by atoms with Crippen LogP contribution in [0.3, 0.4) is 0 Å². The molecule has 1 aromatic carbocycles. The average molecular weight is 258 g/mol. The molecule has 1 heterocycles. The molecule has 0 aliphatic rings. The van der Waals surface area contributed by atoms with Crippen molar-refractivity contribution in [2.75, 3.05) is 0 Å². The third-order valence-corrected chi connectivity index (χ3v) is 2.52. The minimum atomic E-state index is -0.393. The Morgan fingerprint density at radius 2 is 2.11 bits per heavy atom. The third kappa shape index (κ3) is 3.67. The molecule has 0 saturated heterocycles. The molecule has 0 radical (unpaired) electrons. The number of amides is 1. The Morgan fingerprint density at radius 1 is 1.37 bits per heavy atom. The van der Waals surface area contributed by atoms with Crippen molar-refractivity contribution >= 4 is 12.0 Å². The standard InChI is InChI=1S/C13H14N4O2/c1-9(12-15-13(19)17-16-12)14-11(18)8-7-10-5-3-2-4-6-10/h2-9H,1H3,(H,14,18)(H2,15,16,17,19)/b8-7+. The van der Waals surface area contributed by atoms with E-state index in [2.05, 4.69) is 20.5 Å². The summed E-state index contributed by atoms with van der Waals surface area (Å²) in [6.45, 7) is 1.74. The highest BCUT2D eigenvalue weighted by atomic mass is 16.2. The first-order valence-corrected chi connectivity index (χ1v) is 5.83. The van der Waals surface area contributed by atoms with E-state index >= 15 is 0 Å². The molecule has 19 heavy (non-hydrogen) atoms. The van der Waals surface area contributed by atoms with Crippen LogP contribution in [0.5, 0.6) is 0 Å². The van der Waals surface area contributed by atoms with Crippen LogP contribution in [0.25, 0.3) is 6.08 Å². The summed E-state index contributed by atoms with van der Waals surface area (Å²) in [5, 5.41) is 8.71. The fraction of sp³-hybridized carbons (Fsp3) is 0.154. The highest BCUT2D eigenvalue weighted by Crippen LogP contribution is 2.04. The molecule has 0 fully saturated rings. The third-order valence-electron chi connectivity index (χ3n) is 2.52. The van der Waals surface area contributed by atoms with Gasteiger partial charge in [0.25, 0.3) is 0 Å². The number of hydrogen-bond acceptors (Lipinski definition) is 3. The fourth-order valence-corrected chi connectivity index (χ4v) is 1.55. The lowest BCUT2D eigenvalue weighted by Crippen LogP contribution is -2.25. The second-order valence-corrected chi connectivity index (χ2v) is 4.04. The van der Waals surface area contributed by atoms with Gasteiger partial charge in [-0.25, -0.2) is 9.89 Å². The van der Waals surface area contributed by atoms with Gasteiger partial charge in [0.2, 0.25) is 5.91 Å². The number of nitrogens with one attached hydrogen (secondary N) is 3. The van der Waals surface area contributed by atoms with E-state index in [9.17, 15) is 9.59 Å². The Hall–Kier alpha value is -2.63. The predicted molar refractivity (Wildman–Crippen MR) is 71.2 cm³/mol. The van der Waals surface area contributed by atoms with Gasteiger partial charge in [0, 0.05) is 6.08 Å². The molecule has 0 aliphatic heterocycles. The number of hydrogen-bond donors (Lipinski definition) is 3. The predicted octanol–water partition coefficient (Wildman–Crippen LogP) is 0.989. The van der Waals surface area contributed by atoms with Crippen LogP contribution in [0, 0.1) is 0 Å². The molecule has 1 atom stereocenters. The van der Waals surface area contributed by atoms with Crippen molar-refractivity contribution in [3.63, 3.8) is 0 Å². The first-order chi connectivity index (χ1) is 9.15. The molecular weight excluding hydrogens is 244 g/mol. The monoisotopic (exact) mass is 258 g/mol. The molecular formula is C13H14N4O2. The second kappa shape index (κ2) is 5.81. The quantitative estimate of drug-likeness (QED) is 0.714. The maximum atomic E-state index is 11.7. The molecule has 0 bridgehead atoms. The van der Waals surface area contributed by atoms with Gasteiger partial charge in [-0.1, -0.05) is 30.3 Å². The number of aromatic amines is 2. The summed E-state index contributed by atoms with van der Waals surface area (Å²) < 4.78 is 0. The van der Waals surface area contributed by atoms with E-state index in [-0.39, 0.29) is 11.9 Å². The number of carbonyl (C=O) groups excluding carboxylic acids is 1. The van der Waals surface area contributed by atoms with Gasteiger partial charge >= 0.3 is 5.69 Å². The van der Waals surface area contributed by atoms with Crippen molar-refractivity contribution in [2.24, 2.45) is 0 Å². The van der Waals surface area contributed by atoms with Crippen molar-refractivity contribution in [3.05, 3.63) is 58.3 Å². The summed E-state index contributed by atoms with van der Waals surface area (Å²) in [4.78, 5) is 25.1. The first-order valence-electron chi connectivity index (χ1n) is 5.83. The molecule has 98 valence electrons. The summed E-state index contributed by atoms with van der Waals surface area (Å²) in [7, 11) is 0. The Bertz CT molecular complexity index is 627. The lowest BCUT2D eigenvalue weighted by Gasteiger charge is -2.08. The molecule has 1 aromatic heterocycles. The first kappa shape index (κ1) is 12.8. The highest BCUT2D eigenvalue weighted by Gasteiger charge is 2.10. The Morgan fingerprint density at radius 3 is 2.74 bits per heavy atom. The van der Waals surface area contributed by atoms with Crippen molar-refractivity contribution in [1.82, 2.24) is 20.5 Å². The van der Waals surface area contributed by atoms with Crippen LogP contribution in [0.2, 0.25) is 0 Å². The Labute approximate surface area is 109 Å². The van der Waals surface area contributed by atoms with Crippen LogP contribution >= 0.6 is 0 Å².